The quantitative estimate of drug-likeness (QED) is 0.425. The minimum Gasteiger partial charge on any atom is -0.352 e. The number of rotatable bonds is 7. The van der Waals surface area contributed by atoms with Crippen molar-refractivity contribution in [2.24, 2.45) is 5.92 Å². The zero-order chi connectivity index (χ0) is 22.5. The summed E-state index contributed by atoms with van der Waals surface area (Å²) in [5.74, 6) is 0.824. The highest BCUT2D eigenvalue weighted by atomic mass is 16.2. The molecule has 0 aliphatic rings. The van der Waals surface area contributed by atoms with Crippen LogP contribution in [-0.4, -0.2) is 40.4 Å². The van der Waals surface area contributed by atoms with E-state index in [9.17, 15) is 4.79 Å². The third-order valence-corrected chi connectivity index (χ3v) is 5.79. The van der Waals surface area contributed by atoms with E-state index in [2.05, 4.69) is 29.1 Å². The molecule has 3 aromatic carbocycles. The lowest BCUT2D eigenvalue weighted by Gasteiger charge is -2.32. The Morgan fingerprint density at radius 3 is 2.41 bits per heavy atom. The highest BCUT2D eigenvalue weighted by Gasteiger charge is 2.25. The number of hydrogen-bond acceptors (Lipinski definition) is 4. The standard InChI is InChI=1S/C27H28N4O/c1-19(2)25(18-29-27-28-17-21-13-7-10-16-24(21)30-27)31(3)26(32)23-15-9-8-14-22(23)20-11-5-4-6-12-20/h4-17,19,25H,18H2,1-3H3,(H,28,29,30)/t25-/m1/s1. The first-order valence-electron chi connectivity index (χ1n) is 10.9. The topological polar surface area (TPSA) is 58.1 Å². The number of hydrogen-bond donors (Lipinski definition) is 1. The molecule has 1 heterocycles. The van der Waals surface area contributed by atoms with E-state index in [-0.39, 0.29) is 17.9 Å². The Kier molecular flexibility index (Phi) is 6.45. The maximum atomic E-state index is 13.5. The van der Waals surface area contributed by atoms with E-state index in [4.69, 9.17) is 0 Å². The van der Waals surface area contributed by atoms with Crippen LogP contribution in [0.3, 0.4) is 0 Å². The number of amides is 1. The maximum absolute atomic E-state index is 13.5. The van der Waals surface area contributed by atoms with E-state index < -0.39 is 0 Å². The smallest absolute Gasteiger partial charge is 0.254 e. The number of nitrogens with one attached hydrogen (secondary N) is 1. The average molecular weight is 425 g/mol. The van der Waals surface area contributed by atoms with Crippen LogP contribution < -0.4 is 5.32 Å². The van der Waals surface area contributed by atoms with Crippen LogP contribution in [0.5, 0.6) is 0 Å². The molecule has 1 N–H and O–H groups in total. The van der Waals surface area contributed by atoms with Gasteiger partial charge in [0.25, 0.3) is 5.91 Å². The molecule has 0 aliphatic carbocycles. The van der Waals surface area contributed by atoms with Crippen LogP contribution in [-0.2, 0) is 0 Å². The molecule has 0 saturated carbocycles. The molecule has 0 aliphatic heterocycles. The maximum Gasteiger partial charge on any atom is 0.254 e. The molecule has 1 amide bonds. The van der Waals surface area contributed by atoms with Crippen molar-refractivity contribution in [3.63, 3.8) is 0 Å². The molecule has 0 spiro atoms. The van der Waals surface area contributed by atoms with Gasteiger partial charge in [0.1, 0.15) is 0 Å². The lowest BCUT2D eigenvalue weighted by molar-refractivity contribution is 0.0701. The van der Waals surface area contributed by atoms with Gasteiger partial charge in [0, 0.05) is 30.7 Å². The molecular formula is C27H28N4O. The summed E-state index contributed by atoms with van der Waals surface area (Å²) in [6.45, 7) is 4.81. The summed E-state index contributed by atoms with van der Waals surface area (Å²) >= 11 is 0. The Hall–Kier alpha value is -3.73. The molecule has 0 unspecified atom stereocenters. The average Bonchev–Trinajstić information content (AvgIpc) is 2.84. The number of anilines is 1. The number of carbonyl (C=O) groups is 1. The molecule has 5 heteroatoms. The van der Waals surface area contributed by atoms with Crippen molar-refractivity contribution >= 4 is 22.8 Å². The highest BCUT2D eigenvalue weighted by Crippen LogP contribution is 2.25. The molecular weight excluding hydrogens is 396 g/mol. The fraction of sp³-hybridized carbons (Fsp3) is 0.222. The van der Waals surface area contributed by atoms with E-state index in [1.807, 2.05) is 97.0 Å². The molecule has 4 aromatic rings. The van der Waals surface area contributed by atoms with Gasteiger partial charge < -0.3 is 10.2 Å². The Labute approximate surface area is 189 Å². The van der Waals surface area contributed by atoms with Gasteiger partial charge in [-0.25, -0.2) is 9.97 Å². The van der Waals surface area contributed by atoms with Crippen molar-refractivity contribution in [2.75, 3.05) is 18.9 Å². The lowest BCUT2D eigenvalue weighted by atomic mass is 9.97. The zero-order valence-corrected chi connectivity index (χ0v) is 18.7. The SMILES string of the molecule is CC(C)[C@@H](CNc1ncc2ccccc2n1)N(C)C(=O)c1ccccc1-c1ccccc1. The first-order valence-corrected chi connectivity index (χ1v) is 10.9. The number of benzene rings is 3. The third-order valence-electron chi connectivity index (χ3n) is 5.79. The van der Waals surface area contributed by atoms with Crippen LogP contribution in [0.15, 0.2) is 85.1 Å². The Morgan fingerprint density at radius 1 is 0.938 bits per heavy atom. The third kappa shape index (κ3) is 4.62. The van der Waals surface area contributed by atoms with E-state index >= 15 is 0 Å². The summed E-state index contributed by atoms with van der Waals surface area (Å²) in [5, 5.41) is 4.34. The van der Waals surface area contributed by atoms with Crippen LogP contribution in [0.25, 0.3) is 22.0 Å². The van der Waals surface area contributed by atoms with Crippen LogP contribution >= 0.6 is 0 Å². The summed E-state index contributed by atoms with van der Waals surface area (Å²) in [7, 11) is 1.87. The van der Waals surface area contributed by atoms with Gasteiger partial charge in [0.05, 0.1) is 11.6 Å². The van der Waals surface area contributed by atoms with Crippen molar-refractivity contribution in [1.29, 1.82) is 0 Å². The van der Waals surface area contributed by atoms with Crippen molar-refractivity contribution in [2.45, 2.75) is 19.9 Å². The van der Waals surface area contributed by atoms with E-state index in [0.717, 1.165) is 22.0 Å². The molecule has 1 aromatic heterocycles. The van der Waals surface area contributed by atoms with Crippen molar-refractivity contribution in [1.82, 2.24) is 14.9 Å². The van der Waals surface area contributed by atoms with E-state index in [1.165, 1.54) is 0 Å². The van der Waals surface area contributed by atoms with Gasteiger partial charge in [-0.05, 0) is 29.2 Å². The van der Waals surface area contributed by atoms with Crippen LogP contribution in [0.1, 0.15) is 24.2 Å². The van der Waals surface area contributed by atoms with Gasteiger partial charge in [-0.15, -0.1) is 0 Å². The van der Waals surface area contributed by atoms with Gasteiger partial charge in [-0.2, -0.15) is 0 Å². The van der Waals surface area contributed by atoms with Crippen LogP contribution in [0.2, 0.25) is 0 Å². The zero-order valence-electron chi connectivity index (χ0n) is 18.7. The normalized spacial score (nSPS) is 12.0. The predicted molar refractivity (Wildman–Crippen MR) is 131 cm³/mol. The molecule has 1 atom stereocenters. The highest BCUT2D eigenvalue weighted by molar-refractivity contribution is 6.01. The number of para-hydroxylation sites is 1. The van der Waals surface area contributed by atoms with E-state index in [0.29, 0.717) is 18.1 Å². The number of nitrogens with zero attached hydrogens (tertiary/aromatic N) is 3. The second kappa shape index (κ2) is 9.60. The minimum atomic E-state index is -0.0265. The molecule has 4 rings (SSSR count). The minimum absolute atomic E-state index is 0.00406. The predicted octanol–water partition coefficient (Wildman–Crippen LogP) is 5.51. The number of carbonyl (C=O) groups excluding carboxylic acids is 1. The van der Waals surface area contributed by atoms with Gasteiger partial charge in [-0.1, -0.05) is 80.6 Å². The largest absolute Gasteiger partial charge is 0.352 e. The summed E-state index contributed by atoms with van der Waals surface area (Å²) in [6, 6.07) is 25.7. The number of aromatic nitrogens is 2. The monoisotopic (exact) mass is 424 g/mol. The van der Waals surface area contributed by atoms with E-state index in [1.54, 1.807) is 0 Å². The lowest BCUT2D eigenvalue weighted by Crippen LogP contribution is -2.45. The van der Waals surface area contributed by atoms with Gasteiger partial charge in [0.15, 0.2) is 0 Å². The molecule has 162 valence electrons. The number of likely N-dealkylation sites (N-methyl/N-ethyl adjacent to an activating group) is 1. The Morgan fingerprint density at radius 2 is 1.62 bits per heavy atom. The molecule has 0 radical (unpaired) electrons. The summed E-state index contributed by atoms with van der Waals surface area (Å²) in [6.07, 6.45) is 1.82. The molecule has 0 bridgehead atoms. The van der Waals surface area contributed by atoms with Gasteiger partial charge in [-0.3, -0.25) is 4.79 Å². The summed E-state index contributed by atoms with van der Waals surface area (Å²) < 4.78 is 0. The summed E-state index contributed by atoms with van der Waals surface area (Å²) in [4.78, 5) is 24.4. The summed E-state index contributed by atoms with van der Waals surface area (Å²) in [5.41, 5.74) is 3.58. The van der Waals surface area contributed by atoms with Crippen molar-refractivity contribution in [3.05, 3.63) is 90.6 Å². The van der Waals surface area contributed by atoms with Crippen LogP contribution in [0.4, 0.5) is 5.95 Å². The van der Waals surface area contributed by atoms with Gasteiger partial charge in [0.2, 0.25) is 5.95 Å². The fourth-order valence-electron chi connectivity index (χ4n) is 3.95. The Balaban J connectivity index is 1.54. The molecule has 0 fully saturated rings. The molecule has 5 nitrogen and oxygen atoms in total. The number of fused-ring (bicyclic) bond motifs is 1. The molecule has 0 saturated heterocycles. The fourth-order valence-corrected chi connectivity index (χ4v) is 3.95. The van der Waals surface area contributed by atoms with Gasteiger partial charge >= 0.3 is 0 Å². The molecule has 32 heavy (non-hydrogen) atoms. The van der Waals surface area contributed by atoms with Crippen LogP contribution in [0, 0.1) is 5.92 Å². The second-order valence-corrected chi connectivity index (χ2v) is 8.27. The second-order valence-electron chi connectivity index (χ2n) is 8.27. The first kappa shape index (κ1) is 21.5. The van der Waals surface area contributed by atoms with Crippen molar-refractivity contribution < 1.29 is 4.79 Å². The van der Waals surface area contributed by atoms with Crippen molar-refractivity contribution in [3.8, 4) is 11.1 Å². The first-order chi connectivity index (χ1) is 15.5. The Bertz CT molecular complexity index is 1210.